The topological polar surface area (TPSA) is 37.3 Å². The van der Waals surface area contributed by atoms with Crippen LogP contribution in [0.15, 0.2) is 12.2 Å². The zero-order chi connectivity index (χ0) is 9.40. The normalized spacial score (nSPS) is 13.5. The van der Waals surface area contributed by atoms with Crippen molar-refractivity contribution < 1.29 is 9.90 Å². The maximum atomic E-state index is 10.5. The molecule has 0 aromatic carbocycles. The second-order valence-corrected chi connectivity index (χ2v) is 2.92. The van der Waals surface area contributed by atoms with Crippen LogP contribution in [-0.4, -0.2) is 11.1 Å². The van der Waals surface area contributed by atoms with Crippen LogP contribution in [0.4, 0.5) is 0 Å². The Kier molecular flexibility index (Phi) is 6.44. The summed E-state index contributed by atoms with van der Waals surface area (Å²) in [4.78, 5) is 10.5. The van der Waals surface area contributed by atoms with Crippen molar-refractivity contribution in [1.29, 1.82) is 0 Å². The monoisotopic (exact) mass is 170 g/mol. The van der Waals surface area contributed by atoms with Gasteiger partial charge in [0.25, 0.3) is 0 Å². The Morgan fingerprint density at radius 3 is 2.58 bits per heavy atom. The number of carboxylic acids is 1. The number of unbranched alkanes of at least 4 members (excludes halogenated alkanes) is 2. The molecular formula is C10H18O2. The molecule has 0 aromatic heterocycles. The molecule has 0 aliphatic heterocycles. The highest BCUT2D eigenvalue weighted by molar-refractivity contribution is 5.71. The molecule has 1 N–H and O–H groups in total. The lowest BCUT2D eigenvalue weighted by molar-refractivity contribution is -0.140. The van der Waals surface area contributed by atoms with Gasteiger partial charge in [0.1, 0.15) is 0 Å². The van der Waals surface area contributed by atoms with Gasteiger partial charge in [-0.2, -0.15) is 0 Å². The van der Waals surface area contributed by atoms with E-state index in [1.165, 1.54) is 0 Å². The molecule has 0 aromatic rings. The molecule has 0 saturated carbocycles. The van der Waals surface area contributed by atoms with Crippen molar-refractivity contribution in [1.82, 2.24) is 0 Å². The summed E-state index contributed by atoms with van der Waals surface area (Å²) in [5, 5.41) is 8.68. The molecule has 0 bridgehead atoms. The first-order chi connectivity index (χ1) is 5.72. The second-order valence-electron chi connectivity index (χ2n) is 2.92. The predicted molar refractivity (Wildman–Crippen MR) is 50.1 cm³/mol. The fraction of sp³-hybridized carbons (Fsp3) is 0.700. The first-order valence-electron chi connectivity index (χ1n) is 4.61. The number of allylic oxidation sites excluding steroid dienone is 1. The summed E-state index contributed by atoms with van der Waals surface area (Å²) in [5.74, 6) is -1.01. The van der Waals surface area contributed by atoms with Gasteiger partial charge in [-0.1, -0.05) is 38.8 Å². The number of carboxylic acid groups (broad SMARTS) is 1. The highest BCUT2D eigenvalue weighted by atomic mass is 16.4. The Morgan fingerprint density at radius 2 is 2.17 bits per heavy atom. The summed E-state index contributed by atoms with van der Waals surface area (Å²) in [6.45, 7) is 4.02. The van der Waals surface area contributed by atoms with E-state index >= 15 is 0 Å². The fourth-order valence-electron chi connectivity index (χ4n) is 0.975. The first-order valence-corrected chi connectivity index (χ1v) is 4.61. The third-order valence-corrected chi connectivity index (χ3v) is 1.85. The molecule has 70 valence electrons. The van der Waals surface area contributed by atoms with Gasteiger partial charge in [-0.3, -0.25) is 4.79 Å². The smallest absolute Gasteiger partial charge is 0.310 e. The quantitative estimate of drug-likeness (QED) is 0.491. The average molecular weight is 170 g/mol. The van der Waals surface area contributed by atoms with E-state index in [1.54, 1.807) is 6.08 Å². The molecule has 12 heavy (non-hydrogen) atoms. The van der Waals surface area contributed by atoms with E-state index in [9.17, 15) is 4.79 Å². The zero-order valence-electron chi connectivity index (χ0n) is 7.92. The molecule has 0 heterocycles. The van der Waals surface area contributed by atoms with Crippen molar-refractivity contribution in [2.24, 2.45) is 5.92 Å². The molecule has 0 saturated heterocycles. The average Bonchev–Trinajstić information content (AvgIpc) is 2.04. The van der Waals surface area contributed by atoms with Gasteiger partial charge in [-0.15, -0.1) is 0 Å². The van der Waals surface area contributed by atoms with E-state index in [-0.39, 0.29) is 5.92 Å². The van der Waals surface area contributed by atoms with E-state index in [4.69, 9.17) is 5.11 Å². The van der Waals surface area contributed by atoms with Gasteiger partial charge in [0.05, 0.1) is 5.92 Å². The van der Waals surface area contributed by atoms with Crippen LogP contribution in [0.5, 0.6) is 0 Å². The van der Waals surface area contributed by atoms with E-state index < -0.39 is 5.97 Å². The summed E-state index contributed by atoms with van der Waals surface area (Å²) < 4.78 is 0. The van der Waals surface area contributed by atoms with Crippen molar-refractivity contribution in [2.45, 2.75) is 39.5 Å². The van der Waals surface area contributed by atoms with Gasteiger partial charge < -0.3 is 5.11 Å². The Bertz CT molecular complexity index is 150. The standard InChI is InChI=1S/C10H18O2/c1-3-5-6-7-8-9(4-2)10(11)12/h7-9H,3-6H2,1-2H3,(H,11,12)/b8-7+. The summed E-state index contributed by atoms with van der Waals surface area (Å²) in [6, 6.07) is 0. The highest BCUT2D eigenvalue weighted by Crippen LogP contribution is 2.06. The molecule has 0 aliphatic rings. The summed E-state index contributed by atoms with van der Waals surface area (Å²) in [6.07, 6.45) is 7.77. The van der Waals surface area contributed by atoms with Crippen LogP contribution in [0.25, 0.3) is 0 Å². The number of carbonyl (C=O) groups is 1. The molecule has 2 nitrogen and oxygen atoms in total. The van der Waals surface area contributed by atoms with Crippen LogP contribution in [0.2, 0.25) is 0 Å². The van der Waals surface area contributed by atoms with Gasteiger partial charge in [0.15, 0.2) is 0 Å². The van der Waals surface area contributed by atoms with Crippen LogP contribution >= 0.6 is 0 Å². The van der Waals surface area contributed by atoms with Gasteiger partial charge in [-0.25, -0.2) is 0 Å². The van der Waals surface area contributed by atoms with Gasteiger partial charge in [-0.05, 0) is 12.8 Å². The molecule has 0 radical (unpaired) electrons. The molecule has 1 atom stereocenters. The number of rotatable bonds is 6. The summed E-state index contributed by atoms with van der Waals surface area (Å²) in [7, 11) is 0. The number of hydrogen-bond donors (Lipinski definition) is 1. The van der Waals surface area contributed by atoms with Crippen molar-refractivity contribution in [3.63, 3.8) is 0 Å². The minimum Gasteiger partial charge on any atom is -0.481 e. The van der Waals surface area contributed by atoms with E-state index in [2.05, 4.69) is 6.92 Å². The van der Waals surface area contributed by atoms with Crippen LogP contribution < -0.4 is 0 Å². The van der Waals surface area contributed by atoms with Crippen molar-refractivity contribution in [3.8, 4) is 0 Å². The van der Waals surface area contributed by atoms with E-state index in [0.717, 1.165) is 19.3 Å². The molecule has 0 spiro atoms. The minimum atomic E-state index is -0.717. The van der Waals surface area contributed by atoms with Crippen molar-refractivity contribution >= 4 is 5.97 Å². The lowest BCUT2D eigenvalue weighted by Crippen LogP contribution is -2.08. The van der Waals surface area contributed by atoms with Crippen LogP contribution in [0.1, 0.15) is 39.5 Å². The molecule has 0 fully saturated rings. The molecule has 0 amide bonds. The molecule has 0 rings (SSSR count). The van der Waals surface area contributed by atoms with Crippen LogP contribution in [-0.2, 0) is 4.79 Å². The highest BCUT2D eigenvalue weighted by Gasteiger charge is 2.09. The van der Waals surface area contributed by atoms with Crippen LogP contribution in [0, 0.1) is 5.92 Å². The van der Waals surface area contributed by atoms with E-state index in [0.29, 0.717) is 6.42 Å². The first kappa shape index (κ1) is 11.2. The zero-order valence-corrected chi connectivity index (χ0v) is 7.92. The Balaban J connectivity index is 3.69. The summed E-state index contributed by atoms with van der Waals surface area (Å²) >= 11 is 0. The third kappa shape index (κ3) is 4.94. The molecular weight excluding hydrogens is 152 g/mol. The van der Waals surface area contributed by atoms with Crippen LogP contribution in [0.3, 0.4) is 0 Å². The maximum Gasteiger partial charge on any atom is 0.310 e. The molecule has 1 unspecified atom stereocenters. The number of hydrogen-bond acceptors (Lipinski definition) is 1. The van der Waals surface area contributed by atoms with Gasteiger partial charge in [0, 0.05) is 0 Å². The minimum absolute atomic E-state index is 0.290. The van der Waals surface area contributed by atoms with Crippen molar-refractivity contribution in [3.05, 3.63) is 12.2 Å². The maximum absolute atomic E-state index is 10.5. The number of aliphatic carboxylic acids is 1. The van der Waals surface area contributed by atoms with Gasteiger partial charge in [0.2, 0.25) is 0 Å². The fourth-order valence-corrected chi connectivity index (χ4v) is 0.975. The molecule has 0 aliphatic carbocycles. The van der Waals surface area contributed by atoms with Gasteiger partial charge >= 0.3 is 5.97 Å². The largest absolute Gasteiger partial charge is 0.481 e. The lowest BCUT2D eigenvalue weighted by Gasteiger charge is -2.01. The predicted octanol–water partition coefficient (Wildman–Crippen LogP) is 2.84. The SMILES string of the molecule is CCCC/C=C/C(CC)C(=O)O. The summed E-state index contributed by atoms with van der Waals surface area (Å²) in [5.41, 5.74) is 0. The van der Waals surface area contributed by atoms with Crippen molar-refractivity contribution in [2.75, 3.05) is 0 Å². The Labute approximate surface area is 74.3 Å². The Morgan fingerprint density at radius 1 is 1.50 bits per heavy atom. The third-order valence-electron chi connectivity index (χ3n) is 1.85. The molecule has 2 heteroatoms. The lowest BCUT2D eigenvalue weighted by atomic mass is 10.1. The second kappa shape index (κ2) is 6.89. The Hall–Kier alpha value is -0.790. The van der Waals surface area contributed by atoms with E-state index in [1.807, 2.05) is 13.0 Å².